The highest BCUT2D eigenvalue weighted by Gasteiger charge is 2.21. The number of ether oxygens (including phenoxy) is 2. The van der Waals surface area contributed by atoms with Crippen molar-refractivity contribution in [3.05, 3.63) is 64.8 Å². The van der Waals surface area contributed by atoms with Gasteiger partial charge in [0, 0.05) is 55.7 Å². The van der Waals surface area contributed by atoms with Crippen molar-refractivity contribution in [2.24, 2.45) is 0 Å². The van der Waals surface area contributed by atoms with Gasteiger partial charge >= 0.3 is 0 Å². The van der Waals surface area contributed by atoms with E-state index in [4.69, 9.17) is 14.5 Å². The molecule has 1 saturated carbocycles. The van der Waals surface area contributed by atoms with Crippen molar-refractivity contribution in [1.82, 2.24) is 20.1 Å². The van der Waals surface area contributed by atoms with E-state index in [-0.39, 0.29) is 11.6 Å². The van der Waals surface area contributed by atoms with E-state index in [1.54, 1.807) is 12.3 Å². The van der Waals surface area contributed by atoms with Gasteiger partial charge in [0.15, 0.2) is 11.6 Å². The Kier molecular flexibility index (Phi) is 9.63. The smallest absolute Gasteiger partial charge is 0.167 e. The Morgan fingerprint density at radius 1 is 0.951 bits per heavy atom. The van der Waals surface area contributed by atoms with E-state index in [9.17, 15) is 4.39 Å². The summed E-state index contributed by atoms with van der Waals surface area (Å²) >= 11 is 0. The van der Waals surface area contributed by atoms with E-state index < -0.39 is 0 Å². The molecular formula is C33H44FN5O2. The first-order valence-corrected chi connectivity index (χ1v) is 15.6. The van der Waals surface area contributed by atoms with Crippen LogP contribution in [0, 0.1) is 5.82 Å². The van der Waals surface area contributed by atoms with Crippen LogP contribution in [0.15, 0.2) is 47.7 Å². The molecule has 41 heavy (non-hydrogen) atoms. The fraction of sp³-hybridized carbons (Fsp3) is 0.545. The third-order valence-electron chi connectivity index (χ3n) is 8.65. The highest BCUT2D eigenvalue weighted by molar-refractivity contribution is 5.62. The number of allylic oxidation sites excluding steroid dienone is 1. The monoisotopic (exact) mass is 561 g/mol. The second-order valence-corrected chi connectivity index (χ2v) is 11.7. The van der Waals surface area contributed by atoms with Gasteiger partial charge in [-0.05, 0) is 99.9 Å². The van der Waals surface area contributed by atoms with Gasteiger partial charge in [-0.25, -0.2) is 4.39 Å². The number of rotatable bonds is 11. The number of hydrogen-bond acceptors (Lipinski definition) is 7. The third-order valence-corrected chi connectivity index (χ3v) is 8.65. The number of halogens is 1. The van der Waals surface area contributed by atoms with Crippen LogP contribution in [0.2, 0.25) is 0 Å². The average Bonchev–Trinajstić information content (AvgIpc) is 3.81. The summed E-state index contributed by atoms with van der Waals surface area (Å²) in [5, 5.41) is 6.62. The van der Waals surface area contributed by atoms with Crippen LogP contribution in [0.4, 0.5) is 10.1 Å². The summed E-state index contributed by atoms with van der Waals surface area (Å²) in [6.45, 7) is 8.95. The van der Waals surface area contributed by atoms with Crippen molar-refractivity contribution < 1.29 is 13.9 Å². The molecule has 1 aromatic heterocycles. The molecular weight excluding hydrogens is 517 g/mol. The van der Waals surface area contributed by atoms with Crippen LogP contribution in [0.25, 0.3) is 6.08 Å². The lowest BCUT2D eigenvalue weighted by Crippen LogP contribution is -2.38. The van der Waals surface area contributed by atoms with Crippen molar-refractivity contribution in [2.45, 2.75) is 57.4 Å². The van der Waals surface area contributed by atoms with Gasteiger partial charge in [-0.2, -0.15) is 0 Å². The maximum absolute atomic E-state index is 15.0. The molecule has 7 nitrogen and oxygen atoms in total. The van der Waals surface area contributed by atoms with Crippen LogP contribution >= 0.6 is 0 Å². The summed E-state index contributed by atoms with van der Waals surface area (Å²) in [5.74, 6) is 0.580. The van der Waals surface area contributed by atoms with Gasteiger partial charge in [-0.1, -0.05) is 6.08 Å². The molecule has 4 aliphatic rings. The molecule has 0 unspecified atom stereocenters. The zero-order chi connectivity index (χ0) is 27.9. The quantitative estimate of drug-likeness (QED) is 0.347. The lowest BCUT2D eigenvalue weighted by molar-refractivity contribution is 0.0362. The summed E-state index contributed by atoms with van der Waals surface area (Å²) in [6.07, 6.45) is 15.4. The predicted molar refractivity (Wildman–Crippen MR) is 162 cm³/mol. The van der Waals surface area contributed by atoms with E-state index >= 15 is 0 Å². The van der Waals surface area contributed by atoms with Crippen molar-refractivity contribution in [2.75, 3.05) is 64.5 Å². The number of nitrogens with zero attached hydrogens (tertiary/aromatic N) is 3. The molecule has 2 fully saturated rings. The highest BCUT2D eigenvalue weighted by Crippen LogP contribution is 2.35. The number of morpholine rings is 1. The Labute approximate surface area is 243 Å². The molecule has 0 spiro atoms. The van der Waals surface area contributed by atoms with Crippen molar-refractivity contribution in [3.8, 4) is 11.5 Å². The van der Waals surface area contributed by atoms with E-state index in [1.165, 1.54) is 36.5 Å². The number of aromatic nitrogens is 1. The van der Waals surface area contributed by atoms with Gasteiger partial charge < -0.3 is 14.8 Å². The first-order chi connectivity index (χ1) is 20.2. The normalized spacial score (nSPS) is 20.4. The topological polar surface area (TPSA) is 61.9 Å². The van der Waals surface area contributed by atoms with Crippen LogP contribution < -0.4 is 15.4 Å². The fourth-order valence-electron chi connectivity index (χ4n) is 6.01. The molecule has 1 saturated heterocycles. The second-order valence-electron chi connectivity index (χ2n) is 11.7. The summed E-state index contributed by atoms with van der Waals surface area (Å²) in [4.78, 5) is 9.83. The molecule has 2 aromatic rings. The zero-order valence-corrected chi connectivity index (χ0v) is 24.2. The van der Waals surface area contributed by atoms with Gasteiger partial charge in [0.05, 0.1) is 25.6 Å². The molecule has 220 valence electrons. The molecule has 2 aliphatic heterocycles. The maximum Gasteiger partial charge on any atom is 0.167 e. The first kappa shape index (κ1) is 28.3. The Hall–Kier alpha value is -2.78. The van der Waals surface area contributed by atoms with Crippen molar-refractivity contribution >= 4 is 11.8 Å². The number of nitrogens with one attached hydrogen (secondary N) is 2. The minimum absolute atomic E-state index is 0.245. The molecule has 2 N–H and O–H groups in total. The predicted octanol–water partition coefficient (Wildman–Crippen LogP) is 5.60. The van der Waals surface area contributed by atoms with Crippen LogP contribution in [0.1, 0.15) is 56.2 Å². The number of pyridine rings is 1. The van der Waals surface area contributed by atoms with Crippen molar-refractivity contribution in [1.29, 1.82) is 0 Å². The second kappa shape index (κ2) is 13.9. The summed E-state index contributed by atoms with van der Waals surface area (Å²) < 4.78 is 26.6. The largest absolute Gasteiger partial charge is 0.454 e. The lowest BCUT2D eigenvalue weighted by Gasteiger charge is -2.30. The lowest BCUT2D eigenvalue weighted by atomic mass is 9.90. The molecule has 0 bridgehead atoms. The molecule has 3 heterocycles. The van der Waals surface area contributed by atoms with Gasteiger partial charge in [0.25, 0.3) is 0 Å². The zero-order valence-electron chi connectivity index (χ0n) is 24.2. The summed E-state index contributed by atoms with van der Waals surface area (Å²) in [6, 6.07) is 7.57. The first-order valence-electron chi connectivity index (χ1n) is 15.6. The summed E-state index contributed by atoms with van der Waals surface area (Å²) in [7, 11) is 0. The van der Waals surface area contributed by atoms with Crippen molar-refractivity contribution in [3.63, 3.8) is 0 Å². The minimum atomic E-state index is -0.365. The number of anilines is 1. The molecule has 0 amide bonds. The molecule has 6 rings (SSSR count). The van der Waals surface area contributed by atoms with E-state index in [2.05, 4.69) is 32.6 Å². The van der Waals surface area contributed by atoms with Crippen LogP contribution in [-0.4, -0.2) is 80.0 Å². The molecule has 0 radical (unpaired) electrons. The minimum Gasteiger partial charge on any atom is -0.454 e. The fourth-order valence-corrected chi connectivity index (χ4v) is 6.01. The number of fused-ring (bicyclic) bond motifs is 1. The van der Waals surface area contributed by atoms with Gasteiger partial charge in [0.1, 0.15) is 5.75 Å². The Bertz CT molecular complexity index is 1240. The Morgan fingerprint density at radius 2 is 1.80 bits per heavy atom. The molecule has 0 atom stereocenters. The number of benzene rings is 1. The van der Waals surface area contributed by atoms with E-state index in [0.717, 1.165) is 102 Å². The van der Waals surface area contributed by atoms with Gasteiger partial charge in [-0.15, -0.1) is 0 Å². The highest BCUT2D eigenvalue weighted by atomic mass is 19.1. The summed E-state index contributed by atoms with van der Waals surface area (Å²) in [5.41, 5.74) is 5.62. The number of hydrogen-bond donors (Lipinski definition) is 2. The average molecular weight is 562 g/mol. The maximum atomic E-state index is 15.0. The third kappa shape index (κ3) is 7.95. The van der Waals surface area contributed by atoms with Crippen LogP contribution in [0.5, 0.6) is 11.5 Å². The molecule has 2 aliphatic carbocycles. The standard InChI is InChI=1S/C33H44FN5O2/c34-30-23-28(37-24-36-27-6-7-27)8-9-33(30)41-32-10-13-35-31-22-26(4-1-2-5-29(31)32)25-11-16-38(17-12-25)14-3-15-39-18-20-40-21-19-39/h8-11,13,22-23,27,36-37H,1-7,12,14-21,24H2. The Balaban J connectivity index is 1.09. The molecule has 1 aromatic carbocycles. The van der Waals surface area contributed by atoms with Crippen LogP contribution in [-0.2, 0) is 11.2 Å². The molecule has 8 heteroatoms. The Morgan fingerprint density at radius 3 is 2.61 bits per heavy atom. The van der Waals surface area contributed by atoms with Gasteiger partial charge in [-0.3, -0.25) is 20.1 Å². The SMILES string of the molecule is Fc1cc(NCNC2CC2)ccc1Oc1ccnc2c1CCCCC(C1=CCN(CCCN3CCOCC3)CC1)=C2. The van der Waals surface area contributed by atoms with E-state index in [1.807, 2.05) is 12.1 Å². The van der Waals surface area contributed by atoms with Crippen LogP contribution in [0.3, 0.4) is 0 Å². The van der Waals surface area contributed by atoms with Gasteiger partial charge in [0.2, 0.25) is 0 Å². The van der Waals surface area contributed by atoms with E-state index in [0.29, 0.717) is 18.5 Å².